The summed E-state index contributed by atoms with van der Waals surface area (Å²) in [5.74, 6) is 0. The van der Waals surface area contributed by atoms with Gasteiger partial charge in [-0.05, 0) is 47.4 Å². The molecule has 0 aromatic carbocycles. The molecule has 0 spiro atoms. The lowest BCUT2D eigenvalue weighted by atomic mass is 9.90. The molecule has 1 N–H and O–H groups in total. The van der Waals surface area contributed by atoms with Crippen molar-refractivity contribution in [1.29, 1.82) is 0 Å². The maximum absolute atomic E-state index is 3.51. The highest BCUT2D eigenvalue weighted by Crippen LogP contribution is 2.31. The molecule has 1 aromatic rings. The van der Waals surface area contributed by atoms with Gasteiger partial charge in [0.25, 0.3) is 0 Å². The summed E-state index contributed by atoms with van der Waals surface area (Å²) in [5.41, 5.74) is 0.462. The second kappa shape index (κ2) is 5.17. The lowest BCUT2D eigenvalue weighted by Gasteiger charge is -2.24. The minimum atomic E-state index is 0.462. The molecular formula is C12H19BrN2S. The summed E-state index contributed by atoms with van der Waals surface area (Å²) in [5, 5.41) is 5.47. The second-order valence-electron chi connectivity index (χ2n) is 5.03. The van der Waals surface area contributed by atoms with Crippen molar-refractivity contribution in [1.82, 2.24) is 10.2 Å². The second-order valence-corrected chi connectivity index (χ2v) is 6.94. The number of hydrogen-bond acceptors (Lipinski definition) is 3. The Morgan fingerprint density at radius 1 is 1.62 bits per heavy atom. The van der Waals surface area contributed by atoms with Gasteiger partial charge in [-0.3, -0.25) is 4.90 Å². The van der Waals surface area contributed by atoms with Gasteiger partial charge in [0.1, 0.15) is 0 Å². The first-order valence-corrected chi connectivity index (χ1v) is 7.38. The van der Waals surface area contributed by atoms with Gasteiger partial charge < -0.3 is 5.32 Å². The molecule has 0 bridgehead atoms. The van der Waals surface area contributed by atoms with Crippen molar-refractivity contribution in [3.63, 3.8) is 0 Å². The van der Waals surface area contributed by atoms with Gasteiger partial charge in [0.15, 0.2) is 0 Å². The molecule has 1 fully saturated rings. The molecule has 1 aliphatic heterocycles. The summed E-state index contributed by atoms with van der Waals surface area (Å²) >= 11 is 5.36. The van der Waals surface area contributed by atoms with E-state index in [4.69, 9.17) is 0 Å². The summed E-state index contributed by atoms with van der Waals surface area (Å²) in [6.45, 7) is 7.05. The Balaban J connectivity index is 1.89. The number of nitrogens with one attached hydrogen (secondary N) is 1. The van der Waals surface area contributed by atoms with Crippen LogP contribution < -0.4 is 5.32 Å². The minimum Gasteiger partial charge on any atom is -0.319 e. The molecule has 16 heavy (non-hydrogen) atoms. The molecule has 1 aromatic heterocycles. The van der Waals surface area contributed by atoms with Crippen LogP contribution in [-0.2, 0) is 6.54 Å². The first kappa shape index (κ1) is 12.6. The maximum atomic E-state index is 3.51. The van der Waals surface area contributed by atoms with Crippen LogP contribution in [0, 0.1) is 5.41 Å². The fourth-order valence-corrected chi connectivity index (χ4v) is 3.98. The molecule has 0 radical (unpaired) electrons. The van der Waals surface area contributed by atoms with Crippen LogP contribution >= 0.6 is 27.3 Å². The van der Waals surface area contributed by atoms with Gasteiger partial charge in [-0.25, -0.2) is 0 Å². The van der Waals surface area contributed by atoms with E-state index in [2.05, 4.69) is 44.5 Å². The van der Waals surface area contributed by atoms with Crippen LogP contribution in [0.1, 0.15) is 18.2 Å². The number of nitrogens with zero attached hydrogens (tertiary/aromatic N) is 1. The van der Waals surface area contributed by atoms with Gasteiger partial charge in [0.2, 0.25) is 0 Å². The molecule has 1 atom stereocenters. The van der Waals surface area contributed by atoms with E-state index in [-0.39, 0.29) is 0 Å². The third-order valence-electron chi connectivity index (χ3n) is 3.24. The van der Waals surface area contributed by atoms with E-state index in [1.807, 2.05) is 18.4 Å². The normalized spacial score (nSPS) is 26.4. The molecule has 0 saturated carbocycles. The van der Waals surface area contributed by atoms with Crippen molar-refractivity contribution >= 4 is 27.3 Å². The third-order valence-corrected chi connectivity index (χ3v) is 4.92. The Labute approximate surface area is 110 Å². The highest BCUT2D eigenvalue weighted by molar-refractivity contribution is 9.10. The quantitative estimate of drug-likeness (QED) is 0.920. The van der Waals surface area contributed by atoms with E-state index in [1.54, 1.807) is 0 Å². The smallest absolute Gasteiger partial charge is 0.0328 e. The SMILES string of the molecule is CNCC1(C)CCN(Cc2cc(Br)cs2)C1. The number of likely N-dealkylation sites (tertiary alicyclic amines) is 1. The molecule has 2 heterocycles. The largest absolute Gasteiger partial charge is 0.319 e. The van der Waals surface area contributed by atoms with Gasteiger partial charge in [-0.2, -0.15) is 0 Å². The minimum absolute atomic E-state index is 0.462. The first-order valence-electron chi connectivity index (χ1n) is 5.71. The van der Waals surface area contributed by atoms with Crippen LogP contribution in [0.2, 0.25) is 0 Å². The zero-order valence-corrected chi connectivity index (χ0v) is 12.3. The Bertz CT molecular complexity index is 353. The van der Waals surface area contributed by atoms with Gasteiger partial charge in [-0.1, -0.05) is 6.92 Å². The van der Waals surface area contributed by atoms with E-state index in [9.17, 15) is 0 Å². The van der Waals surface area contributed by atoms with E-state index < -0.39 is 0 Å². The van der Waals surface area contributed by atoms with Crippen LogP contribution in [0.4, 0.5) is 0 Å². The molecule has 90 valence electrons. The average Bonchev–Trinajstić information content (AvgIpc) is 2.75. The van der Waals surface area contributed by atoms with E-state index in [1.165, 1.54) is 28.9 Å². The van der Waals surface area contributed by atoms with Crippen molar-refractivity contribution in [3.05, 3.63) is 20.8 Å². The van der Waals surface area contributed by atoms with Crippen LogP contribution in [0.25, 0.3) is 0 Å². The van der Waals surface area contributed by atoms with Crippen LogP contribution in [-0.4, -0.2) is 31.6 Å². The Kier molecular flexibility index (Phi) is 4.06. The third kappa shape index (κ3) is 3.06. The van der Waals surface area contributed by atoms with Crippen molar-refractivity contribution in [2.75, 3.05) is 26.7 Å². The summed E-state index contributed by atoms with van der Waals surface area (Å²) in [4.78, 5) is 4.02. The van der Waals surface area contributed by atoms with E-state index in [0.29, 0.717) is 5.41 Å². The fraction of sp³-hybridized carbons (Fsp3) is 0.667. The fourth-order valence-electron chi connectivity index (χ4n) is 2.49. The zero-order chi connectivity index (χ0) is 11.6. The summed E-state index contributed by atoms with van der Waals surface area (Å²) < 4.78 is 1.21. The number of rotatable bonds is 4. The van der Waals surface area contributed by atoms with Gasteiger partial charge in [0.05, 0.1) is 0 Å². The molecular weight excluding hydrogens is 284 g/mol. The van der Waals surface area contributed by atoms with Gasteiger partial charge in [0, 0.05) is 34.4 Å². The van der Waals surface area contributed by atoms with Crippen LogP contribution in [0.5, 0.6) is 0 Å². The lowest BCUT2D eigenvalue weighted by molar-refractivity contribution is 0.267. The highest BCUT2D eigenvalue weighted by atomic mass is 79.9. The van der Waals surface area contributed by atoms with Crippen LogP contribution in [0.3, 0.4) is 0 Å². The van der Waals surface area contributed by atoms with Gasteiger partial charge in [-0.15, -0.1) is 11.3 Å². The standard InChI is InChI=1S/C12H19BrN2S/c1-12(8-14-2)3-4-15(9-12)6-11-5-10(13)7-16-11/h5,7,14H,3-4,6,8-9H2,1-2H3. The number of hydrogen-bond donors (Lipinski definition) is 1. The van der Waals surface area contributed by atoms with Crippen molar-refractivity contribution in [3.8, 4) is 0 Å². The summed E-state index contributed by atoms with van der Waals surface area (Å²) in [6, 6.07) is 2.23. The lowest BCUT2D eigenvalue weighted by Crippen LogP contribution is -2.32. The summed E-state index contributed by atoms with van der Waals surface area (Å²) in [7, 11) is 2.05. The monoisotopic (exact) mass is 302 g/mol. The van der Waals surface area contributed by atoms with E-state index in [0.717, 1.165) is 13.1 Å². The van der Waals surface area contributed by atoms with Crippen molar-refractivity contribution in [2.24, 2.45) is 5.41 Å². The van der Waals surface area contributed by atoms with Crippen molar-refractivity contribution < 1.29 is 0 Å². The Morgan fingerprint density at radius 2 is 2.44 bits per heavy atom. The molecule has 2 nitrogen and oxygen atoms in total. The average molecular weight is 303 g/mol. The summed E-state index contributed by atoms with van der Waals surface area (Å²) in [6.07, 6.45) is 1.31. The van der Waals surface area contributed by atoms with Gasteiger partial charge >= 0.3 is 0 Å². The Hall–Kier alpha value is 0.1000. The molecule has 0 aliphatic carbocycles. The zero-order valence-electron chi connectivity index (χ0n) is 9.92. The predicted octanol–water partition coefficient (Wildman–Crippen LogP) is 2.94. The van der Waals surface area contributed by atoms with Crippen molar-refractivity contribution in [2.45, 2.75) is 19.9 Å². The molecule has 2 rings (SSSR count). The molecule has 1 unspecified atom stereocenters. The molecule has 1 saturated heterocycles. The molecule has 1 aliphatic rings. The highest BCUT2D eigenvalue weighted by Gasteiger charge is 2.32. The first-order chi connectivity index (χ1) is 7.61. The van der Waals surface area contributed by atoms with E-state index >= 15 is 0 Å². The number of thiophene rings is 1. The number of halogens is 1. The molecule has 4 heteroatoms. The van der Waals surface area contributed by atoms with Crippen LogP contribution in [0.15, 0.2) is 15.9 Å². The topological polar surface area (TPSA) is 15.3 Å². The predicted molar refractivity (Wildman–Crippen MR) is 73.9 cm³/mol. The Morgan fingerprint density at radius 3 is 3.06 bits per heavy atom. The maximum Gasteiger partial charge on any atom is 0.0328 e. The molecule has 0 amide bonds.